The van der Waals surface area contributed by atoms with E-state index < -0.39 is 5.97 Å². The first-order valence-corrected chi connectivity index (χ1v) is 10.2. The van der Waals surface area contributed by atoms with Gasteiger partial charge in [-0.15, -0.1) is 0 Å². The van der Waals surface area contributed by atoms with Crippen LogP contribution < -0.4 is 9.47 Å². The van der Waals surface area contributed by atoms with Crippen molar-refractivity contribution >= 4 is 17.9 Å². The maximum Gasteiger partial charge on any atom is 0.314 e. The van der Waals surface area contributed by atoms with Gasteiger partial charge in [0, 0.05) is 0 Å². The molecule has 0 saturated heterocycles. The van der Waals surface area contributed by atoms with Gasteiger partial charge in [-0.1, -0.05) is 0 Å². The molecule has 2 fully saturated rings. The van der Waals surface area contributed by atoms with Crippen LogP contribution in [0.3, 0.4) is 0 Å². The van der Waals surface area contributed by atoms with E-state index in [1.54, 1.807) is 31.4 Å². The number of carbonyl (C=O) groups is 3. The molecule has 0 atom stereocenters. The predicted octanol–water partition coefficient (Wildman–Crippen LogP) is 3.59. The molecule has 0 amide bonds. The summed E-state index contributed by atoms with van der Waals surface area (Å²) >= 11 is 0. The number of aliphatic carboxylic acids is 1. The lowest BCUT2D eigenvalue weighted by Crippen LogP contribution is -2.33. The Labute approximate surface area is 170 Å². The molecule has 29 heavy (non-hydrogen) atoms. The van der Waals surface area contributed by atoms with Crippen LogP contribution in [-0.2, 0) is 19.1 Å². The van der Waals surface area contributed by atoms with E-state index in [0.29, 0.717) is 62.9 Å². The van der Waals surface area contributed by atoms with Crippen LogP contribution in [0.5, 0.6) is 11.5 Å². The average molecular weight is 404 g/mol. The minimum atomic E-state index is -0.769. The largest absolute Gasteiger partial charge is 0.497 e. The number of hydrogen-bond donors (Lipinski definition) is 1. The Kier molecular flexibility index (Phi) is 7.12. The van der Waals surface area contributed by atoms with Gasteiger partial charge < -0.3 is 19.3 Å². The van der Waals surface area contributed by atoms with Crippen LogP contribution in [0, 0.1) is 17.8 Å². The molecule has 0 radical (unpaired) electrons. The highest BCUT2D eigenvalue weighted by atomic mass is 16.5. The number of benzene rings is 1. The fourth-order valence-electron chi connectivity index (χ4n) is 4.10. The molecule has 0 spiro atoms. The zero-order chi connectivity index (χ0) is 20.8. The third kappa shape index (κ3) is 5.71. The van der Waals surface area contributed by atoms with Gasteiger partial charge in [-0.25, -0.2) is 0 Å². The molecule has 158 valence electrons. The van der Waals surface area contributed by atoms with Gasteiger partial charge in [-0.3, -0.25) is 14.4 Å². The molecule has 0 aromatic heterocycles. The van der Waals surface area contributed by atoms with E-state index in [9.17, 15) is 14.4 Å². The summed E-state index contributed by atoms with van der Waals surface area (Å²) in [4.78, 5) is 35.8. The normalized spacial score (nSPS) is 26.9. The summed E-state index contributed by atoms with van der Waals surface area (Å²) < 4.78 is 16.1. The van der Waals surface area contributed by atoms with Gasteiger partial charge in [0.2, 0.25) is 0 Å². The Morgan fingerprint density at radius 1 is 0.759 bits per heavy atom. The quantitative estimate of drug-likeness (QED) is 0.571. The minimum Gasteiger partial charge on any atom is -0.497 e. The third-order valence-electron chi connectivity index (χ3n) is 5.98. The van der Waals surface area contributed by atoms with Gasteiger partial charge in [0.1, 0.15) is 17.6 Å². The molecule has 0 bridgehead atoms. The first kappa shape index (κ1) is 21.1. The number of esters is 2. The van der Waals surface area contributed by atoms with Crippen molar-refractivity contribution in [2.75, 3.05) is 7.11 Å². The Bertz CT molecular complexity index is 711. The molecular formula is C22H28O7. The van der Waals surface area contributed by atoms with Crippen molar-refractivity contribution in [3.63, 3.8) is 0 Å². The van der Waals surface area contributed by atoms with E-state index in [2.05, 4.69) is 0 Å². The molecular weight excluding hydrogens is 376 g/mol. The Balaban J connectivity index is 1.40. The lowest BCUT2D eigenvalue weighted by Gasteiger charge is -2.30. The van der Waals surface area contributed by atoms with Gasteiger partial charge in [-0.2, -0.15) is 0 Å². The SMILES string of the molecule is COc1ccc(OC(=O)C2CCC(C(=O)OC3CCC(C(=O)O)CC3)CC2)cc1. The van der Waals surface area contributed by atoms with E-state index in [4.69, 9.17) is 19.3 Å². The van der Waals surface area contributed by atoms with Crippen molar-refractivity contribution < 1.29 is 33.7 Å². The molecule has 7 heteroatoms. The molecule has 2 aliphatic carbocycles. The zero-order valence-electron chi connectivity index (χ0n) is 16.7. The average Bonchev–Trinajstić information content (AvgIpc) is 2.74. The van der Waals surface area contributed by atoms with Crippen LogP contribution in [0.2, 0.25) is 0 Å². The maximum absolute atomic E-state index is 12.4. The van der Waals surface area contributed by atoms with Crippen molar-refractivity contribution in [3.05, 3.63) is 24.3 Å². The monoisotopic (exact) mass is 404 g/mol. The smallest absolute Gasteiger partial charge is 0.314 e. The molecule has 0 heterocycles. The second-order valence-corrected chi connectivity index (χ2v) is 7.89. The standard InChI is InChI=1S/C22H28O7/c1-27-17-10-12-19(13-11-17)29-22(26)16-4-2-15(3-5-16)21(25)28-18-8-6-14(7-9-18)20(23)24/h10-16,18H,2-9H2,1H3,(H,23,24). The number of ether oxygens (including phenoxy) is 3. The zero-order valence-corrected chi connectivity index (χ0v) is 16.7. The Morgan fingerprint density at radius 3 is 1.76 bits per heavy atom. The molecule has 7 nitrogen and oxygen atoms in total. The van der Waals surface area contributed by atoms with Crippen LogP contribution in [0.25, 0.3) is 0 Å². The van der Waals surface area contributed by atoms with Gasteiger partial charge in [0.25, 0.3) is 0 Å². The summed E-state index contributed by atoms with van der Waals surface area (Å²) in [5, 5.41) is 9.05. The topological polar surface area (TPSA) is 99.1 Å². The van der Waals surface area contributed by atoms with Gasteiger partial charge in [-0.05, 0) is 75.6 Å². The Morgan fingerprint density at radius 2 is 1.24 bits per heavy atom. The predicted molar refractivity (Wildman–Crippen MR) is 104 cm³/mol. The molecule has 1 aromatic rings. The first-order chi connectivity index (χ1) is 14.0. The fraction of sp³-hybridized carbons (Fsp3) is 0.591. The van der Waals surface area contributed by atoms with E-state index >= 15 is 0 Å². The van der Waals surface area contributed by atoms with Crippen LogP contribution in [0.4, 0.5) is 0 Å². The van der Waals surface area contributed by atoms with Crippen molar-refractivity contribution in [3.8, 4) is 11.5 Å². The number of carbonyl (C=O) groups excluding carboxylic acids is 2. The highest BCUT2D eigenvalue weighted by molar-refractivity contribution is 5.77. The van der Waals surface area contributed by atoms with E-state index in [1.807, 2.05) is 0 Å². The van der Waals surface area contributed by atoms with Crippen LogP contribution >= 0.6 is 0 Å². The molecule has 3 rings (SSSR count). The maximum atomic E-state index is 12.4. The molecule has 2 saturated carbocycles. The van der Waals surface area contributed by atoms with E-state index in [-0.39, 0.29) is 35.8 Å². The van der Waals surface area contributed by atoms with E-state index in [1.165, 1.54) is 0 Å². The molecule has 1 N–H and O–H groups in total. The summed E-state index contributed by atoms with van der Waals surface area (Å²) in [7, 11) is 1.57. The van der Waals surface area contributed by atoms with Gasteiger partial charge in [0.05, 0.1) is 24.9 Å². The van der Waals surface area contributed by atoms with Crippen molar-refractivity contribution in [1.82, 2.24) is 0 Å². The second kappa shape index (κ2) is 9.76. The number of methoxy groups -OCH3 is 1. The van der Waals surface area contributed by atoms with Crippen molar-refractivity contribution in [2.45, 2.75) is 57.5 Å². The van der Waals surface area contributed by atoms with Crippen LogP contribution in [0.1, 0.15) is 51.4 Å². The van der Waals surface area contributed by atoms with Gasteiger partial charge in [0.15, 0.2) is 0 Å². The molecule has 1 aromatic carbocycles. The first-order valence-electron chi connectivity index (χ1n) is 10.2. The second-order valence-electron chi connectivity index (χ2n) is 7.89. The highest BCUT2D eigenvalue weighted by Gasteiger charge is 2.34. The molecule has 0 unspecified atom stereocenters. The van der Waals surface area contributed by atoms with Gasteiger partial charge >= 0.3 is 17.9 Å². The summed E-state index contributed by atoms with van der Waals surface area (Å²) in [5.74, 6) is -0.814. The fourth-order valence-corrected chi connectivity index (χ4v) is 4.10. The number of carboxylic acid groups (broad SMARTS) is 1. The molecule has 2 aliphatic rings. The van der Waals surface area contributed by atoms with Crippen LogP contribution in [0.15, 0.2) is 24.3 Å². The lowest BCUT2D eigenvalue weighted by molar-refractivity contribution is -0.159. The van der Waals surface area contributed by atoms with Crippen LogP contribution in [-0.4, -0.2) is 36.2 Å². The van der Waals surface area contributed by atoms with E-state index in [0.717, 1.165) is 0 Å². The summed E-state index contributed by atoms with van der Waals surface area (Å²) in [5.41, 5.74) is 0. The third-order valence-corrected chi connectivity index (χ3v) is 5.98. The number of hydrogen-bond acceptors (Lipinski definition) is 6. The van der Waals surface area contributed by atoms with Crippen molar-refractivity contribution in [1.29, 1.82) is 0 Å². The summed E-state index contributed by atoms with van der Waals surface area (Å²) in [6.07, 6.45) is 4.53. The minimum absolute atomic E-state index is 0.184. The molecule has 0 aliphatic heterocycles. The lowest BCUT2D eigenvalue weighted by atomic mass is 9.82. The summed E-state index contributed by atoms with van der Waals surface area (Å²) in [6, 6.07) is 6.86. The summed E-state index contributed by atoms with van der Waals surface area (Å²) in [6.45, 7) is 0. The number of rotatable bonds is 6. The Hall–Kier alpha value is -2.57. The highest BCUT2D eigenvalue weighted by Crippen LogP contribution is 2.33. The number of carboxylic acids is 1. The van der Waals surface area contributed by atoms with Crippen molar-refractivity contribution in [2.24, 2.45) is 17.8 Å².